The Morgan fingerprint density at radius 3 is 2.16 bits per heavy atom. The number of aromatic nitrogens is 1. The quantitative estimate of drug-likeness (QED) is 0.0594. The second-order valence-corrected chi connectivity index (χ2v) is 11.4. The van der Waals surface area contributed by atoms with E-state index in [-0.39, 0.29) is 39.0 Å². The van der Waals surface area contributed by atoms with Gasteiger partial charge in [-0.1, -0.05) is 22.0 Å². The van der Waals surface area contributed by atoms with Crippen LogP contribution in [-0.4, -0.2) is 40.9 Å². The van der Waals surface area contributed by atoms with E-state index in [0.717, 1.165) is 46.1 Å². The lowest BCUT2D eigenvalue weighted by Gasteiger charge is -2.11. The van der Waals surface area contributed by atoms with Crippen LogP contribution in [0.3, 0.4) is 0 Å². The third-order valence-corrected chi connectivity index (χ3v) is 7.99. The molecule has 0 radical (unpaired) electrons. The summed E-state index contributed by atoms with van der Waals surface area (Å²) in [5, 5.41) is 2.64. The molecular formula is C32H33Br2F4N3OS. The number of thiazole rings is 1. The lowest BCUT2D eigenvalue weighted by Crippen LogP contribution is -2.14. The summed E-state index contributed by atoms with van der Waals surface area (Å²) in [6, 6.07) is 8.58. The zero-order chi connectivity index (χ0) is 31.1. The Hall–Kier alpha value is -2.89. The summed E-state index contributed by atoms with van der Waals surface area (Å²) >= 11 is 4.35. The van der Waals surface area contributed by atoms with E-state index in [4.69, 9.17) is 0 Å². The Morgan fingerprint density at radius 1 is 0.907 bits per heavy atom. The van der Waals surface area contributed by atoms with E-state index < -0.39 is 29.1 Å². The van der Waals surface area contributed by atoms with Gasteiger partial charge in [0.15, 0.2) is 5.78 Å². The summed E-state index contributed by atoms with van der Waals surface area (Å²) in [6.45, 7) is 10.1. The molecule has 0 atom stereocenters. The lowest BCUT2D eigenvalue weighted by atomic mass is 10.0. The summed E-state index contributed by atoms with van der Waals surface area (Å²) in [5.74, 6) is -2.58. The fourth-order valence-electron chi connectivity index (χ4n) is 3.89. The lowest BCUT2D eigenvalue weighted by molar-refractivity contribution is 0.101. The molecule has 0 spiro atoms. The van der Waals surface area contributed by atoms with Crippen molar-refractivity contribution in [3.63, 3.8) is 0 Å². The minimum Gasteiger partial charge on any atom is -0.366 e. The van der Waals surface area contributed by atoms with Crippen LogP contribution in [0, 0.1) is 51.0 Å². The predicted molar refractivity (Wildman–Crippen MR) is 177 cm³/mol. The van der Waals surface area contributed by atoms with Crippen LogP contribution < -0.4 is 0 Å². The van der Waals surface area contributed by atoms with Crippen molar-refractivity contribution >= 4 is 62.1 Å². The van der Waals surface area contributed by atoms with Gasteiger partial charge in [-0.05, 0) is 92.8 Å². The summed E-state index contributed by atoms with van der Waals surface area (Å²) in [6.07, 6.45) is 2.48. The molecule has 230 valence electrons. The molecule has 0 N–H and O–H groups in total. The van der Waals surface area contributed by atoms with Crippen LogP contribution >= 0.6 is 44.2 Å². The molecule has 3 aromatic carbocycles. The molecule has 0 saturated heterocycles. The third-order valence-electron chi connectivity index (χ3n) is 6.64. The Kier molecular flexibility index (Phi) is 13.7. The van der Waals surface area contributed by atoms with Gasteiger partial charge in [-0.2, -0.15) is 0 Å². The molecule has 0 aliphatic carbocycles. The second-order valence-electron chi connectivity index (χ2n) is 9.91. The molecule has 0 amide bonds. The van der Waals surface area contributed by atoms with Crippen LogP contribution in [0.15, 0.2) is 46.8 Å². The minimum atomic E-state index is -0.677. The van der Waals surface area contributed by atoms with E-state index in [9.17, 15) is 22.4 Å². The van der Waals surface area contributed by atoms with Crippen LogP contribution in [-0.2, 0) is 6.42 Å². The summed E-state index contributed by atoms with van der Waals surface area (Å²) in [5.41, 5.74) is 5.28. The predicted octanol–water partition coefficient (Wildman–Crippen LogP) is 9.64. The molecular weight excluding hydrogens is 710 g/mol. The minimum absolute atomic E-state index is 0. The van der Waals surface area contributed by atoms with Crippen LogP contribution in [0.2, 0.25) is 0 Å². The van der Waals surface area contributed by atoms with Crippen molar-refractivity contribution in [1.29, 1.82) is 0 Å². The molecule has 0 aliphatic rings. The van der Waals surface area contributed by atoms with Gasteiger partial charge in [0.1, 0.15) is 23.3 Å². The summed E-state index contributed by atoms with van der Waals surface area (Å²) in [7, 11) is 1.99. The monoisotopic (exact) mass is 741 g/mol. The van der Waals surface area contributed by atoms with Crippen LogP contribution in [0.1, 0.15) is 50.1 Å². The highest BCUT2D eigenvalue weighted by atomic mass is 79.9. The fraction of sp³-hybridized carbons (Fsp3) is 0.281. The highest BCUT2D eigenvalue weighted by Gasteiger charge is 2.15. The van der Waals surface area contributed by atoms with E-state index in [1.165, 1.54) is 30.4 Å². The average molecular weight is 744 g/mol. The molecule has 4 nitrogen and oxygen atoms in total. The number of Topliss-reactive ketones (excluding diaryl/α,β-unsaturated/α-hetero) is 1. The maximum Gasteiger partial charge on any atom is 0.176 e. The van der Waals surface area contributed by atoms with E-state index in [2.05, 4.69) is 51.9 Å². The zero-order valence-electron chi connectivity index (χ0n) is 24.7. The van der Waals surface area contributed by atoms with Crippen molar-refractivity contribution in [3.05, 3.63) is 103 Å². The number of benzene rings is 3. The van der Waals surface area contributed by atoms with Gasteiger partial charge in [0.25, 0.3) is 0 Å². The van der Waals surface area contributed by atoms with Crippen LogP contribution in [0.25, 0.3) is 11.3 Å². The van der Waals surface area contributed by atoms with Gasteiger partial charge < -0.3 is 4.90 Å². The number of aliphatic imine (C=N–C) groups is 1. The standard InChI is InChI=1S/C23H25F2N3S.C9H7BrF2O.BrH/c1-6-28(5)13-26-21-9-14(2)17(7-16(21)4)10-23-27-22(12-29-23)18-11-19(24)15(3)8-20(18)25;1-5-2-8(12)6(3-7(5)11)9(13)4-10;/h7-9,11-13H,6,10H2,1-5H3;2-3H,4H2,1H3;1H. The van der Waals surface area contributed by atoms with Gasteiger partial charge in [0, 0.05) is 31.0 Å². The van der Waals surface area contributed by atoms with E-state index in [1.807, 2.05) is 25.2 Å². The number of ketones is 1. The first-order chi connectivity index (χ1) is 19.8. The molecule has 43 heavy (non-hydrogen) atoms. The maximum absolute atomic E-state index is 14.2. The van der Waals surface area contributed by atoms with Crippen LogP contribution in [0.4, 0.5) is 23.2 Å². The van der Waals surface area contributed by atoms with Crippen molar-refractivity contribution in [1.82, 2.24) is 9.88 Å². The maximum atomic E-state index is 14.2. The first-order valence-corrected chi connectivity index (χ1v) is 15.1. The Balaban J connectivity index is 0.000000388. The molecule has 0 aliphatic heterocycles. The number of nitrogens with zero attached hydrogens (tertiary/aromatic N) is 3. The number of alkyl halides is 1. The molecule has 0 fully saturated rings. The molecule has 1 heterocycles. The van der Waals surface area contributed by atoms with Crippen molar-refractivity contribution in [2.24, 2.45) is 4.99 Å². The zero-order valence-corrected chi connectivity index (χ0v) is 28.8. The van der Waals surface area contributed by atoms with Gasteiger partial charge in [-0.25, -0.2) is 27.5 Å². The van der Waals surface area contributed by atoms with Crippen molar-refractivity contribution in [2.45, 2.75) is 41.0 Å². The molecule has 0 bridgehead atoms. The SMILES string of the molecule is Br.CCN(C)C=Nc1cc(C)c(Cc2nc(-c3cc(F)c(C)cc3F)cs2)cc1C.Cc1cc(F)c(C(=O)CBr)cc1F. The normalized spacial score (nSPS) is 10.8. The first-order valence-electron chi connectivity index (χ1n) is 13.1. The average Bonchev–Trinajstić information content (AvgIpc) is 3.41. The number of halogens is 6. The Bertz CT molecular complexity index is 1620. The largest absolute Gasteiger partial charge is 0.366 e. The van der Waals surface area contributed by atoms with Gasteiger partial charge in [0.05, 0.1) is 33.6 Å². The topological polar surface area (TPSA) is 45.6 Å². The Morgan fingerprint density at radius 2 is 1.53 bits per heavy atom. The van der Waals surface area contributed by atoms with E-state index in [0.29, 0.717) is 17.7 Å². The van der Waals surface area contributed by atoms with Crippen molar-refractivity contribution in [2.75, 3.05) is 18.9 Å². The summed E-state index contributed by atoms with van der Waals surface area (Å²) < 4.78 is 54.1. The number of hydrogen-bond acceptors (Lipinski definition) is 4. The molecule has 0 unspecified atom stereocenters. The van der Waals surface area contributed by atoms with Gasteiger partial charge in [-0.3, -0.25) is 4.79 Å². The molecule has 1 aromatic heterocycles. The molecule has 4 rings (SSSR count). The van der Waals surface area contributed by atoms with E-state index in [1.54, 1.807) is 12.3 Å². The highest BCUT2D eigenvalue weighted by Crippen LogP contribution is 2.30. The fourth-order valence-corrected chi connectivity index (χ4v) is 5.01. The summed E-state index contributed by atoms with van der Waals surface area (Å²) in [4.78, 5) is 22.2. The first kappa shape index (κ1) is 36.3. The van der Waals surface area contributed by atoms with Crippen molar-refractivity contribution < 1.29 is 22.4 Å². The van der Waals surface area contributed by atoms with Gasteiger partial charge in [-0.15, -0.1) is 28.3 Å². The number of rotatable bonds is 8. The van der Waals surface area contributed by atoms with Gasteiger partial charge >= 0.3 is 0 Å². The molecule has 11 heteroatoms. The smallest absolute Gasteiger partial charge is 0.176 e. The number of carbonyl (C=O) groups is 1. The van der Waals surface area contributed by atoms with Crippen molar-refractivity contribution in [3.8, 4) is 11.3 Å². The third kappa shape index (κ3) is 9.55. The van der Waals surface area contributed by atoms with E-state index >= 15 is 0 Å². The molecule has 0 saturated carbocycles. The Labute approximate surface area is 272 Å². The second kappa shape index (κ2) is 16.3. The number of carbonyl (C=O) groups excluding carboxylic acids is 1. The van der Waals surface area contributed by atoms with Gasteiger partial charge in [0.2, 0.25) is 0 Å². The molecule has 4 aromatic rings. The number of aryl methyl sites for hydroxylation is 4. The highest BCUT2D eigenvalue weighted by molar-refractivity contribution is 9.09. The number of hydrogen-bond donors (Lipinski definition) is 0. The van der Waals surface area contributed by atoms with Crippen LogP contribution in [0.5, 0.6) is 0 Å².